The minimum absolute atomic E-state index is 0.0108. The largest absolute Gasteiger partial charge is 0.389 e. The number of aliphatic hydroxyl groups excluding tert-OH is 1. The summed E-state index contributed by atoms with van der Waals surface area (Å²) in [6, 6.07) is 1.91. The highest BCUT2D eigenvalue weighted by Crippen LogP contribution is 2.35. The van der Waals surface area contributed by atoms with E-state index in [4.69, 9.17) is 10.00 Å². The molecule has 0 aliphatic carbocycles. The average molecular weight is 219 g/mol. The molecule has 0 amide bonds. The summed E-state index contributed by atoms with van der Waals surface area (Å²) in [6.45, 7) is -0.0108. The molecule has 0 bridgehead atoms. The van der Waals surface area contributed by atoms with Crippen LogP contribution in [-0.4, -0.2) is 44.9 Å². The van der Waals surface area contributed by atoms with Gasteiger partial charge in [-0.05, 0) is 6.42 Å². The molecule has 1 heterocycles. The molecule has 1 saturated heterocycles. The third kappa shape index (κ3) is 2.05. The van der Waals surface area contributed by atoms with Gasteiger partial charge in [0.05, 0.1) is 30.3 Å². The van der Waals surface area contributed by atoms with Crippen LogP contribution < -0.4 is 0 Å². The molecule has 1 rings (SSSR count). The van der Waals surface area contributed by atoms with Gasteiger partial charge in [0.15, 0.2) is 9.84 Å². The highest BCUT2D eigenvalue weighted by Gasteiger charge is 2.47. The lowest BCUT2D eigenvalue weighted by molar-refractivity contribution is 0.00694. The first-order chi connectivity index (χ1) is 6.46. The Kier molecular flexibility index (Phi) is 3.14. The predicted octanol–water partition coefficient (Wildman–Crippen LogP) is -0.678. The number of rotatable bonds is 3. The molecular formula is C8H13NO4S. The van der Waals surface area contributed by atoms with E-state index < -0.39 is 21.4 Å². The molecule has 1 fully saturated rings. The van der Waals surface area contributed by atoms with Crippen molar-refractivity contribution in [2.75, 3.05) is 25.2 Å². The van der Waals surface area contributed by atoms with Gasteiger partial charge in [-0.1, -0.05) is 0 Å². The summed E-state index contributed by atoms with van der Waals surface area (Å²) in [4.78, 5) is 0. The quantitative estimate of drug-likeness (QED) is 0.679. The Bertz CT molecular complexity index is 345. The predicted molar refractivity (Wildman–Crippen MR) is 49.2 cm³/mol. The highest BCUT2D eigenvalue weighted by molar-refractivity contribution is 7.91. The van der Waals surface area contributed by atoms with Gasteiger partial charge in [-0.15, -0.1) is 0 Å². The van der Waals surface area contributed by atoms with E-state index in [1.807, 2.05) is 6.07 Å². The first-order valence-corrected chi connectivity index (χ1v) is 6.06. The second-order valence-corrected chi connectivity index (χ2v) is 5.77. The van der Waals surface area contributed by atoms with E-state index >= 15 is 0 Å². The molecule has 0 radical (unpaired) electrons. The molecule has 2 unspecified atom stereocenters. The van der Waals surface area contributed by atoms with Crippen molar-refractivity contribution in [2.24, 2.45) is 5.41 Å². The monoisotopic (exact) mass is 219 g/mol. The van der Waals surface area contributed by atoms with E-state index in [1.54, 1.807) is 0 Å². The molecule has 5 nitrogen and oxygen atoms in total. The molecule has 0 saturated carbocycles. The molecule has 2 atom stereocenters. The third-order valence-electron chi connectivity index (χ3n) is 2.52. The van der Waals surface area contributed by atoms with Crippen LogP contribution in [0.1, 0.15) is 6.42 Å². The number of aliphatic hydroxyl groups is 1. The van der Waals surface area contributed by atoms with Crippen molar-refractivity contribution in [3.63, 3.8) is 0 Å². The lowest BCUT2D eigenvalue weighted by Crippen LogP contribution is -2.38. The molecule has 14 heavy (non-hydrogen) atoms. The number of hydrogen-bond acceptors (Lipinski definition) is 5. The Morgan fingerprint density at radius 3 is 2.71 bits per heavy atom. The summed E-state index contributed by atoms with van der Waals surface area (Å²) in [5.74, 6) is -0.289. The summed E-state index contributed by atoms with van der Waals surface area (Å²) >= 11 is 0. The highest BCUT2D eigenvalue weighted by atomic mass is 32.2. The van der Waals surface area contributed by atoms with Crippen molar-refractivity contribution in [2.45, 2.75) is 12.5 Å². The van der Waals surface area contributed by atoms with E-state index in [1.165, 1.54) is 7.11 Å². The van der Waals surface area contributed by atoms with Gasteiger partial charge in [-0.25, -0.2) is 8.42 Å². The van der Waals surface area contributed by atoms with Crippen LogP contribution in [-0.2, 0) is 14.6 Å². The van der Waals surface area contributed by atoms with Gasteiger partial charge in [-0.3, -0.25) is 0 Å². The van der Waals surface area contributed by atoms with E-state index in [-0.39, 0.29) is 24.5 Å². The second kappa shape index (κ2) is 3.85. The van der Waals surface area contributed by atoms with Gasteiger partial charge in [0, 0.05) is 7.11 Å². The summed E-state index contributed by atoms with van der Waals surface area (Å²) in [6.07, 6.45) is -0.842. The van der Waals surface area contributed by atoms with Crippen molar-refractivity contribution in [3.8, 4) is 6.07 Å². The Hall–Kier alpha value is -0.640. The Balaban J connectivity index is 2.86. The van der Waals surface area contributed by atoms with Gasteiger partial charge in [0.25, 0.3) is 0 Å². The zero-order valence-electron chi connectivity index (χ0n) is 7.93. The maximum atomic E-state index is 11.2. The molecular weight excluding hydrogens is 206 g/mol. The lowest BCUT2D eigenvalue weighted by Gasteiger charge is -2.24. The SMILES string of the molecule is COCC(O)C1(C#N)CCS(=O)(=O)C1. The van der Waals surface area contributed by atoms with Gasteiger partial charge >= 0.3 is 0 Å². The maximum absolute atomic E-state index is 11.2. The number of methoxy groups -OCH3 is 1. The Morgan fingerprint density at radius 2 is 2.36 bits per heavy atom. The molecule has 0 spiro atoms. The van der Waals surface area contributed by atoms with Crippen LogP contribution in [0.3, 0.4) is 0 Å². The summed E-state index contributed by atoms with van der Waals surface area (Å²) < 4.78 is 27.1. The minimum atomic E-state index is -3.17. The third-order valence-corrected chi connectivity index (χ3v) is 4.30. The second-order valence-electron chi connectivity index (χ2n) is 3.58. The van der Waals surface area contributed by atoms with Crippen molar-refractivity contribution in [3.05, 3.63) is 0 Å². The fourth-order valence-electron chi connectivity index (χ4n) is 1.62. The normalized spacial score (nSPS) is 32.4. The maximum Gasteiger partial charge on any atom is 0.152 e. The van der Waals surface area contributed by atoms with Crippen LogP contribution in [0.15, 0.2) is 0 Å². The van der Waals surface area contributed by atoms with Gasteiger partial charge in [0.2, 0.25) is 0 Å². The number of hydrogen-bond donors (Lipinski definition) is 1. The zero-order valence-corrected chi connectivity index (χ0v) is 8.75. The van der Waals surface area contributed by atoms with Crippen LogP contribution >= 0.6 is 0 Å². The van der Waals surface area contributed by atoms with Crippen molar-refractivity contribution in [1.29, 1.82) is 5.26 Å². The fourth-order valence-corrected chi connectivity index (χ4v) is 3.62. The van der Waals surface area contributed by atoms with Crippen molar-refractivity contribution < 1.29 is 18.3 Å². The van der Waals surface area contributed by atoms with Crippen LogP contribution in [0, 0.1) is 16.7 Å². The van der Waals surface area contributed by atoms with Gasteiger partial charge in [0.1, 0.15) is 5.41 Å². The minimum Gasteiger partial charge on any atom is -0.389 e. The summed E-state index contributed by atoms with van der Waals surface area (Å²) in [7, 11) is -1.77. The van der Waals surface area contributed by atoms with Crippen LogP contribution in [0.4, 0.5) is 0 Å². The van der Waals surface area contributed by atoms with Crippen LogP contribution in [0.5, 0.6) is 0 Å². The van der Waals surface area contributed by atoms with Crippen molar-refractivity contribution in [1.82, 2.24) is 0 Å². The van der Waals surface area contributed by atoms with Crippen LogP contribution in [0.2, 0.25) is 0 Å². The molecule has 6 heteroatoms. The van der Waals surface area contributed by atoms with Crippen molar-refractivity contribution >= 4 is 9.84 Å². The molecule has 1 N–H and O–H groups in total. The van der Waals surface area contributed by atoms with E-state index in [0.717, 1.165) is 0 Å². The molecule has 1 aliphatic rings. The first-order valence-electron chi connectivity index (χ1n) is 4.24. The van der Waals surface area contributed by atoms with Crippen LogP contribution in [0.25, 0.3) is 0 Å². The smallest absolute Gasteiger partial charge is 0.152 e. The standard InChI is InChI=1S/C8H13NO4S/c1-13-4-7(10)8(5-9)2-3-14(11,12)6-8/h7,10H,2-4,6H2,1H3. The molecule has 0 aromatic heterocycles. The summed E-state index contributed by atoms with van der Waals surface area (Å²) in [5, 5.41) is 18.5. The van der Waals surface area contributed by atoms with E-state index in [0.29, 0.717) is 0 Å². The first kappa shape index (κ1) is 11.4. The number of nitriles is 1. The zero-order chi connectivity index (χ0) is 10.8. The van der Waals surface area contributed by atoms with Gasteiger partial charge < -0.3 is 9.84 Å². The number of nitrogens with zero attached hydrogens (tertiary/aromatic N) is 1. The van der Waals surface area contributed by atoms with E-state index in [9.17, 15) is 13.5 Å². The summed E-state index contributed by atoms with van der Waals surface area (Å²) in [5.41, 5.74) is -1.17. The number of ether oxygens (including phenoxy) is 1. The fraction of sp³-hybridized carbons (Fsp3) is 0.875. The van der Waals surface area contributed by atoms with E-state index in [2.05, 4.69) is 0 Å². The Labute approximate surface area is 83.2 Å². The molecule has 80 valence electrons. The molecule has 0 aromatic rings. The Morgan fingerprint density at radius 1 is 1.71 bits per heavy atom. The molecule has 1 aliphatic heterocycles. The topological polar surface area (TPSA) is 87.4 Å². The van der Waals surface area contributed by atoms with Gasteiger partial charge in [-0.2, -0.15) is 5.26 Å². The molecule has 0 aromatic carbocycles. The number of sulfone groups is 1. The average Bonchev–Trinajstić information content (AvgIpc) is 2.43. The lowest BCUT2D eigenvalue weighted by atomic mass is 9.83.